The maximum Gasteiger partial charge on any atom is 0.105 e. The summed E-state index contributed by atoms with van der Waals surface area (Å²) in [5.74, 6) is 1.56. The Kier molecular flexibility index (Phi) is 17.5. The number of hydrogen-bond donors (Lipinski definition) is 2. The number of rotatable bonds is 11. The minimum absolute atomic E-state index is 0.00219. The lowest BCUT2D eigenvalue weighted by Gasteiger charge is -2.35. The third-order valence-electron chi connectivity index (χ3n) is 6.99. The molecule has 2 N–H and O–H groups in total. The molecule has 2 rings (SSSR count). The Morgan fingerprint density at radius 1 is 1.15 bits per heavy atom. The molecule has 1 heterocycles. The summed E-state index contributed by atoms with van der Waals surface area (Å²) in [7, 11) is 7.42. The van der Waals surface area contributed by atoms with E-state index < -0.39 is 0 Å². The SMILES string of the molecule is CCC(OC)C(C)C1CC1C(O)C(C)/C=C/C=C(\C)C1OCC(OC)CC1OC.CN=O.CO. The van der Waals surface area contributed by atoms with Crippen molar-refractivity contribution in [3.8, 4) is 0 Å². The van der Waals surface area contributed by atoms with Crippen molar-refractivity contribution >= 4 is 0 Å². The molecule has 1 saturated heterocycles. The summed E-state index contributed by atoms with van der Waals surface area (Å²) < 4.78 is 22.6. The quantitative estimate of drug-likeness (QED) is 0.335. The predicted octanol–water partition coefficient (Wildman–Crippen LogP) is 3.99. The van der Waals surface area contributed by atoms with Gasteiger partial charge in [0.1, 0.15) is 6.10 Å². The van der Waals surface area contributed by atoms with Crippen LogP contribution in [-0.2, 0) is 18.9 Å². The normalized spacial score (nSPS) is 30.2. The number of allylic oxidation sites excluding steroid dienone is 2. The second-order valence-electron chi connectivity index (χ2n) is 9.05. The Balaban J connectivity index is 0.00000201. The van der Waals surface area contributed by atoms with E-state index in [0.29, 0.717) is 24.4 Å². The number of methoxy groups -OCH3 is 3. The number of aliphatic hydroxyl groups excluding tert-OH is 2. The van der Waals surface area contributed by atoms with Crippen LogP contribution in [0.5, 0.6) is 0 Å². The lowest BCUT2D eigenvalue weighted by Crippen LogP contribution is -2.43. The van der Waals surface area contributed by atoms with Gasteiger partial charge in [-0.05, 0) is 43.1 Å². The van der Waals surface area contributed by atoms with Gasteiger partial charge in [-0.15, -0.1) is 0 Å². The van der Waals surface area contributed by atoms with Crippen LogP contribution >= 0.6 is 0 Å². The van der Waals surface area contributed by atoms with E-state index in [4.69, 9.17) is 29.0 Å². The standard InChI is InChI=1S/C24H42O5.CH3NO.CH4O/c1-8-21(27-6)17(4)19-13-20(19)23(25)15(2)10-9-11-16(3)24-22(28-7)12-18(26-5)14-29-24;1-2-3;1-2/h9-11,15,17-25H,8,12-14H2,1-7H3;1H3;2H,1H3/b10-9+,16-11+;;. The highest BCUT2D eigenvalue weighted by Gasteiger charge is 2.48. The van der Waals surface area contributed by atoms with Gasteiger partial charge in [0, 0.05) is 40.8 Å². The lowest BCUT2D eigenvalue weighted by atomic mass is 9.91. The number of ether oxygens (including phenoxy) is 4. The Morgan fingerprint density at radius 3 is 2.26 bits per heavy atom. The number of nitroso groups, excluding NO2 is 1. The van der Waals surface area contributed by atoms with Crippen LogP contribution in [0.2, 0.25) is 0 Å². The van der Waals surface area contributed by atoms with E-state index in [1.54, 1.807) is 21.3 Å². The molecule has 8 nitrogen and oxygen atoms in total. The van der Waals surface area contributed by atoms with Crippen molar-refractivity contribution in [2.75, 3.05) is 42.1 Å². The fourth-order valence-corrected chi connectivity index (χ4v) is 4.82. The van der Waals surface area contributed by atoms with Gasteiger partial charge >= 0.3 is 0 Å². The first-order chi connectivity index (χ1) is 16.3. The molecule has 200 valence electrons. The highest BCUT2D eigenvalue weighted by atomic mass is 16.6. The van der Waals surface area contributed by atoms with Crippen molar-refractivity contribution in [3.63, 3.8) is 0 Å². The molecule has 0 aromatic rings. The third-order valence-corrected chi connectivity index (χ3v) is 6.99. The summed E-state index contributed by atoms with van der Waals surface area (Å²) in [5, 5.41) is 20.0. The van der Waals surface area contributed by atoms with Gasteiger partial charge in [-0.1, -0.05) is 44.2 Å². The van der Waals surface area contributed by atoms with Gasteiger partial charge in [-0.3, -0.25) is 0 Å². The zero-order valence-electron chi connectivity index (χ0n) is 22.6. The molecule has 0 bridgehead atoms. The van der Waals surface area contributed by atoms with Gasteiger partial charge in [0.05, 0.1) is 38.1 Å². The first-order valence-electron chi connectivity index (χ1n) is 12.2. The van der Waals surface area contributed by atoms with Crippen molar-refractivity contribution in [2.24, 2.45) is 28.8 Å². The Labute approximate surface area is 206 Å². The number of nitrogens with zero attached hydrogens (tertiary/aromatic N) is 1. The summed E-state index contributed by atoms with van der Waals surface area (Å²) in [4.78, 5) is 8.56. The van der Waals surface area contributed by atoms with Gasteiger partial charge in [-0.25, -0.2) is 0 Å². The number of aliphatic hydroxyl groups is 2. The topological polar surface area (TPSA) is 107 Å². The van der Waals surface area contributed by atoms with Crippen LogP contribution in [0.25, 0.3) is 0 Å². The molecule has 9 unspecified atom stereocenters. The van der Waals surface area contributed by atoms with Crippen molar-refractivity contribution in [1.29, 1.82) is 0 Å². The Morgan fingerprint density at radius 2 is 1.76 bits per heavy atom. The van der Waals surface area contributed by atoms with Crippen LogP contribution < -0.4 is 0 Å². The Bertz CT molecular complexity index is 594. The van der Waals surface area contributed by atoms with Crippen molar-refractivity contribution in [1.82, 2.24) is 0 Å². The molecule has 0 spiro atoms. The fourth-order valence-electron chi connectivity index (χ4n) is 4.82. The fraction of sp³-hybridized carbons (Fsp3) is 0.846. The highest BCUT2D eigenvalue weighted by Crippen LogP contribution is 2.49. The molecular weight excluding hydrogens is 438 g/mol. The van der Waals surface area contributed by atoms with E-state index in [-0.39, 0.29) is 36.4 Å². The zero-order chi connectivity index (χ0) is 26.3. The molecule has 0 amide bonds. The maximum atomic E-state index is 10.8. The molecule has 34 heavy (non-hydrogen) atoms. The van der Waals surface area contributed by atoms with Gasteiger partial charge in [0.25, 0.3) is 0 Å². The summed E-state index contributed by atoms with van der Waals surface area (Å²) in [6.07, 6.45) is 9.21. The van der Waals surface area contributed by atoms with E-state index >= 15 is 0 Å². The first kappa shape index (κ1) is 32.8. The van der Waals surface area contributed by atoms with E-state index in [0.717, 1.165) is 31.9 Å². The van der Waals surface area contributed by atoms with Crippen LogP contribution in [-0.4, -0.2) is 82.8 Å². The largest absolute Gasteiger partial charge is 0.400 e. The molecule has 2 fully saturated rings. The van der Waals surface area contributed by atoms with E-state index in [9.17, 15) is 5.11 Å². The zero-order valence-corrected chi connectivity index (χ0v) is 22.6. The van der Waals surface area contributed by atoms with Crippen molar-refractivity contribution < 1.29 is 29.2 Å². The molecule has 1 saturated carbocycles. The molecule has 2 aliphatic rings. The molecule has 1 aliphatic heterocycles. The highest BCUT2D eigenvalue weighted by molar-refractivity contribution is 5.18. The van der Waals surface area contributed by atoms with Gasteiger partial charge in [0.15, 0.2) is 0 Å². The lowest BCUT2D eigenvalue weighted by molar-refractivity contribution is -0.129. The van der Waals surface area contributed by atoms with E-state index in [2.05, 4.69) is 45.0 Å². The van der Waals surface area contributed by atoms with E-state index in [1.165, 1.54) is 7.05 Å². The summed E-state index contributed by atoms with van der Waals surface area (Å²) in [5.41, 5.74) is 1.13. The molecule has 0 aromatic carbocycles. The average molecular weight is 488 g/mol. The van der Waals surface area contributed by atoms with Crippen LogP contribution in [0.1, 0.15) is 47.0 Å². The third kappa shape index (κ3) is 10.2. The summed E-state index contributed by atoms with van der Waals surface area (Å²) >= 11 is 0. The Hall–Kier alpha value is -1.16. The molecule has 1 aliphatic carbocycles. The molecule has 0 aromatic heterocycles. The molecular formula is C26H49NO7. The van der Waals surface area contributed by atoms with Gasteiger partial charge in [0.2, 0.25) is 0 Å². The van der Waals surface area contributed by atoms with Crippen molar-refractivity contribution in [3.05, 3.63) is 28.7 Å². The predicted molar refractivity (Wildman–Crippen MR) is 136 cm³/mol. The van der Waals surface area contributed by atoms with Crippen LogP contribution in [0.3, 0.4) is 0 Å². The summed E-state index contributed by atoms with van der Waals surface area (Å²) in [6, 6.07) is 0. The second-order valence-corrected chi connectivity index (χ2v) is 9.05. The van der Waals surface area contributed by atoms with Gasteiger partial charge < -0.3 is 29.2 Å². The monoisotopic (exact) mass is 487 g/mol. The smallest absolute Gasteiger partial charge is 0.105 e. The van der Waals surface area contributed by atoms with Crippen LogP contribution in [0.4, 0.5) is 0 Å². The van der Waals surface area contributed by atoms with Crippen LogP contribution in [0.15, 0.2) is 29.0 Å². The minimum Gasteiger partial charge on any atom is -0.400 e. The maximum absolute atomic E-state index is 10.8. The second kappa shape index (κ2) is 18.2. The summed E-state index contributed by atoms with van der Waals surface area (Å²) in [6.45, 7) is 9.18. The van der Waals surface area contributed by atoms with Crippen LogP contribution in [0, 0.1) is 28.6 Å². The van der Waals surface area contributed by atoms with E-state index in [1.807, 2.05) is 6.08 Å². The van der Waals surface area contributed by atoms with Gasteiger partial charge in [-0.2, -0.15) is 4.91 Å². The number of hydrogen-bond acceptors (Lipinski definition) is 8. The molecule has 0 radical (unpaired) electrons. The molecule has 9 atom stereocenters. The van der Waals surface area contributed by atoms with Crippen molar-refractivity contribution in [2.45, 2.75) is 77.5 Å². The molecule has 8 heteroatoms. The minimum atomic E-state index is -0.304. The average Bonchev–Trinajstić information content (AvgIpc) is 3.66. The first-order valence-corrected chi connectivity index (χ1v) is 12.2.